The van der Waals surface area contributed by atoms with Crippen molar-refractivity contribution in [1.82, 2.24) is 15.2 Å². The first-order valence-electron chi connectivity index (χ1n) is 11.5. The number of aryl methyl sites for hydroxylation is 1. The SMILES string of the molecule is Cc1cc(C(=O)N2C[C@@H](C)N[C@H](C)C2)c(C=C2C(=O)Nc3cccc(-c4ccc(Cl)cc4)c32)[nH]1. The number of aromatic amines is 1. The Kier molecular flexibility index (Phi) is 5.80. The molecule has 2 aromatic carbocycles. The van der Waals surface area contributed by atoms with Crippen LogP contribution in [0.4, 0.5) is 5.69 Å². The van der Waals surface area contributed by atoms with Gasteiger partial charge in [0.15, 0.2) is 0 Å². The molecule has 6 nitrogen and oxygen atoms in total. The lowest BCUT2D eigenvalue weighted by molar-refractivity contribution is -0.110. The Bertz CT molecular complexity index is 1300. The highest BCUT2D eigenvalue weighted by Crippen LogP contribution is 2.40. The van der Waals surface area contributed by atoms with E-state index in [9.17, 15) is 9.59 Å². The Morgan fingerprint density at radius 2 is 1.79 bits per heavy atom. The minimum Gasteiger partial charge on any atom is -0.358 e. The first kappa shape index (κ1) is 22.4. The quantitative estimate of drug-likeness (QED) is 0.469. The van der Waals surface area contributed by atoms with E-state index in [1.165, 1.54) is 0 Å². The molecule has 0 bridgehead atoms. The van der Waals surface area contributed by atoms with E-state index < -0.39 is 0 Å². The van der Waals surface area contributed by atoms with E-state index in [1.807, 2.05) is 60.4 Å². The summed E-state index contributed by atoms with van der Waals surface area (Å²) in [6.45, 7) is 7.38. The number of anilines is 1. The summed E-state index contributed by atoms with van der Waals surface area (Å²) < 4.78 is 0. The lowest BCUT2D eigenvalue weighted by Crippen LogP contribution is -2.55. The third-order valence-electron chi connectivity index (χ3n) is 6.33. The van der Waals surface area contributed by atoms with Crippen LogP contribution in [0.25, 0.3) is 22.8 Å². The minimum atomic E-state index is -0.188. The largest absolute Gasteiger partial charge is 0.358 e. The maximum atomic E-state index is 13.5. The lowest BCUT2D eigenvalue weighted by atomic mass is 9.94. The number of piperazine rings is 1. The predicted molar refractivity (Wildman–Crippen MR) is 137 cm³/mol. The van der Waals surface area contributed by atoms with Crippen LogP contribution in [0.3, 0.4) is 0 Å². The average molecular weight is 475 g/mol. The van der Waals surface area contributed by atoms with Crippen LogP contribution in [0.2, 0.25) is 5.02 Å². The molecule has 2 aliphatic heterocycles. The molecule has 34 heavy (non-hydrogen) atoms. The molecule has 0 saturated carbocycles. The van der Waals surface area contributed by atoms with Crippen LogP contribution < -0.4 is 10.6 Å². The maximum absolute atomic E-state index is 13.5. The molecule has 7 heteroatoms. The Balaban J connectivity index is 1.57. The molecule has 5 rings (SSSR count). The van der Waals surface area contributed by atoms with Crippen LogP contribution >= 0.6 is 11.6 Å². The van der Waals surface area contributed by atoms with Crippen molar-refractivity contribution in [1.29, 1.82) is 0 Å². The molecule has 2 aliphatic rings. The molecule has 1 fully saturated rings. The van der Waals surface area contributed by atoms with Crippen molar-refractivity contribution in [3.05, 3.63) is 76.1 Å². The van der Waals surface area contributed by atoms with Crippen LogP contribution in [-0.4, -0.2) is 46.9 Å². The van der Waals surface area contributed by atoms with E-state index in [4.69, 9.17) is 11.6 Å². The molecule has 1 aromatic heterocycles. The van der Waals surface area contributed by atoms with Gasteiger partial charge in [-0.25, -0.2) is 0 Å². The Morgan fingerprint density at radius 1 is 1.09 bits per heavy atom. The van der Waals surface area contributed by atoms with Gasteiger partial charge in [0.1, 0.15) is 0 Å². The normalized spacial score (nSPS) is 21.0. The zero-order chi connectivity index (χ0) is 24.0. The van der Waals surface area contributed by atoms with E-state index in [1.54, 1.807) is 6.08 Å². The minimum absolute atomic E-state index is 0.0268. The number of H-pyrrole nitrogens is 1. The van der Waals surface area contributed by atoms with Gasteiger partial charge < -0.3 is 20.5 Å². The summed E-state index contributed by atoms with van der Waals surface area (Å²) in [6, 6.07) is 15.7. The number of benzene rings is 2. The molecule has 0 radical (unpaired) electrons. The second-order valence-corrected chi connectivity index (χ2v) is 9.64. The number of carbonyl (C=O) groups is 2. The van der Waals surface area contributed by atoms with Crippen molar-refractivity contribution in [3.63, 3.8) is 0 Å². The van der Waals surface area contributed by atoms with Gasteiger partial charge in [-0.05, 0) is 62.2 Å². The number of hydrogen-bond acceptors (Lipinski definition) is 3. The molecular weight excluding hydrogens is 448 g/mol. The van der Waals surface area contributed by atoms with Crippen LogP contribution in [0.5, 0.6) is 0 Å². The van der Waals surface area contributed by atoms with Gasteiger partial charge in [0.2, 0.25) is 0 Å². The van der Waals surface area contributed by atoms with Gasteiger partial charge in [-0.2, -0.15) is 0 Å². The fraction of sp³-hybridized carbons (Fsp3) is 0.259. The van der Waals surface area contributed by atoms with Crippen molar-refractivity contribution in [3.8, 4) is 11.1 Å². The number of carbonyl (C=O) groups excluding carboxylic acids is 2. The van der Waals surface area contributed by atoms with E-state index in [0.29, 0.717) is 34.9 Å². The maximum Gasteiger partial charge on any atom is 0.256 e. The first-order chi connectivity index (χ1) is 16.3. The molecule has 0 spiro atoms. The Hall–Kier alpha value is -3.35. The van der Waals surface area contributed by atoms with E-state index >= 15 is 0 Å². The molecule has 1 saturated heterocycles. The van der Waals surface area contributed by atoms with E-state index in [-0.39, 0.29) is 23.9 Å². The van der Waals surface area contributed by atoms with Gasteiger partial charge in [-0.3, -0.25) is 9.59 Å². The Labute approximate surface area is 204 Å². The molecule has 2 atom stereocenters. The zero-order valence-corrected chi connectivity index (χ0v) is 20.2. The fourth-order valence-electron chi connectivity index (χ4n) is 4.97. The topological polar surface area (TPSA) is 77.2 Å². The third kappa shape index (κ3) is 4.15. The van der Waals surface area contributed by atoms with Gasteiger partial charge in [-0.15, -0.1) is 0 Å². The number of halogens is 1. The molecule has 0 aliphatic carbocycles. The third-order valence-corrected chi connectivity index (χ3v) is 6.58. The summed E-state index contributed by atoms with van der Waals surface area (Å²) >= 11 is 6.09. The highest BCUT2D eigenvalue weighted by atomic mass is 35.5. The van der Waals surface area contributed by atoms with Gasteiger partial charge in [0.25, 0.3) is 11.8 Å². The number of hydrogen-bond donors (Lipinski definition) is 3. The second-order valence-electron chi connectivity index (χ2n) is 9.21. The van der Waals surface area contributed by atoms with Crippen molar-refractivity contribution in [2.45, 2.75) is 32.9 Å². The number of fused-ring (bicyclic) bond motifs is 1. The predicted octanol–water partition coefficient (Wildman–Crippen LogP) is 4.96. The van der Waals surface area contributed by atoms with Gasteiger partial charge in [0.05, 0.1) is 16.8 Å². The van der Waals surface area contributed by atoms with Crippen molar-refractivity contribution in [2.75, 3.05) is 18.4 Å². The Morgan fingerprint density at radius 3 is 2.50 bits per heavy atom. The summed E-state index contributed by atoms with van der Waals surface area (Å²) in [6.07, 6.45) is 1.80. The van der Waals surface area contributed by atoms with Gasteiger partial charge in [-0.1, -0.05) is 35.9 Å². The monoisotopic (exact) mass is 474 g/mol. The highest BCUT2D eigenvalue weighted by Gasteiger charge is 2.30. The standard InChI is InChI=1S/C27H27ClN4O2/c1-15-11-21(27(34)32-13-16(2)29-17(3)14-32)24(30-15)12-22-25-20(18-7-9-19(28)10-8-18)5-4-6-23(25)31-26(22)33/h4-12,16-17,29-30H,13-14H2,1-3H3,(H,31,33)/t16-,17-/m1/s1. The smallest absolute Gasteiger partial charge is 0.256 e. The van der Waals surface area contributed by atoms with Crippen LogP contribution in [0.1, 0.15) is 41.2 Å². The number of rotatable bonds is 3. The highest BCUT2D eigenvalue weighted by molar-refractivity contribution is 6.36. The van der Waals surface area contributed by atoms with Crippen LogP contribution in [-0.2, 0) is 4.79 Å². The summed E-state index contributed by atoms with van der Waals surface area (Å²) in [5, 5.41) is 7.09. The molecule has 2 amide bonds. The first-order valence-corrected chi connectivity index (χ1v) is 11.8. The molecule has 3 N–H and O–H groups in total. The van der Waals surface area contributed by atoms with Crippen molar-refractivity contribution < 1.29 is 9.59 Å². The summed E-state index contributed by atoms with van der Waals surface area (Å²) in [7, 11) is 0. The molecular formula is C27H27ClN4O2. The van der Waals surface area contributed by atoms with Gasteiger partial charge in [0, 0.05) is 47.1 Å². The number of nitrogens with one attached hydrogen (secondary N) is 3. The molecule has 174 valence electrons. The molecule has 3 heterocycles. The zero-order valence-electron chi connectivity index (χ0n) is 19.4. The van der Waals surface area contributed by atoms with Crippen LogP contribution in [0, 0.1) is 6.92 Å². The average Bonchev–Trinajstić information content (AvgIpc) is 3.32. The van der Waals surface area contributed by atoms with Gasteiger partial charge >= 0.3 is 0 Å². The molecule has 3 aromatic rings. The molecule has 0 unspecified atom stereocenters. The summed E-state index contributed by atoms with van der Waals surface area (Å²) in [4.78, 5) is 31.7. The fourth-order valence-corrected chi connectivity index (χ4v) is 5.09. The van der Waals surface area contributed by atoms with Crippen LogP contribution in [0.15, 0.2) is 48.5 Å². The number of amides is 2. The van der Waals surface area contributed by atoms with E-state index in [0.717, 1.165) is 28.1 Å². The lowest BCUT2D eigenvalue weighted by Gasteiger charge is -2.36. The summed E-state index contributed by atoms with van der Waals surface area (Å²) in [5.74, 6) is -0.215. The second kappa shape index (κ2) is 8.78. The number of nitrogens with zero attached hydrogens (tertiary/aromatic N) is 1. The van der Waals surface area contributed by atoms with E-state index in [2.05, 4.69) is 29.5 Å². The van der Waals surface area contributed by atoms with Crippen molar-refractivity contribution >= 4 is 40.8 Å². The van der Waals surface area contributed by atoms with Crippen molar-refractivity contribution in [2.24, 2.45) is 0 Å². The number of aromatic nitrogens is 1. The summed E-state index contributed by atoms with van der Waals surface area (Å²) in [5.41, 5.74) is 6.09.